The van der Waals surface area contributed by atoms with Crippen molar-refractivity contribution in [3.63, 3.8) is 0 Å². The van der Waals surface area contributed by atoms with Crippen LogP contribution in [0.5, 0.6) is 0 Å². The molecule has 0 radical (unpaired) electrons. The first-order valence-corrected chi connectivity index (χ1v) is 6.29. The van der Waals surface area contributed by atoms with E-state index in [-0.39, 0.29) is 0 Å². The van der Waals surface area contributed by atoms with Crippen LogP contribution < -0.4 is 5.32 Å². The van der Waals surface area contributed by atoms with Crippen molar-refractivity contribution in [2.75, 3.05) is 19.6 Å². The SMILES string of the molecule is CCCN(CC)C(=O)CCC1CCCN1. The number of nitrogens with one attached hydrogen (secondary N) is 1. The Morgan fingerprint density at radius 3 is 2.80 bits per heavy atom. The van der Waals surface area contributed by atoms with Crippen molar-refractivity contribution >= 4 is 5.91 Å². The van der Waals surface area contributed by atoms with Crippen LogP contribution in [-0.2, 0) is 4.79 Å². The summed E-state index contributed by atoms with van der Waals surface area (Å²) >= 11 is 0. The molecule has 1 aliphatic rings. The second-order valence-corrected chi connectivity index (χ2v) is 4.31. The van der Waals surface area contributed by atoms with Crippen LogP contribution in [0.2, 0.25) is 0 Å². The summed E-state index contributed by atoms with van der Waals surface area (Å²) in [5, 5.41) is 3.43. The highest BCUT2D eigenvalue weighted by Gasteiger charge is 2.17. The quantitative estimate of drug-likeness (QED) is 0.728. The Balaban J connectivity index is 2.20. The van der Waals surface area contributed by atoms with Crippen molar-refractivity contribution in [3.8, 4) is 0 Å². The van der Waals surface area contributed by atoms with Crippen LogP contribution in [0.3, 0.4) is 0 Å². The topological polar surface area (TPSA) is 32.3 Å². The predicted octanol–water partition coefficient (Wildman–Crippen LogP) is 1.78. The molecule has 1 amide bonds. The van der Waals surface area contributed by atoms with Gasteiger partial charge in [-0.2, -0.15) is 0 Å². The first kappa shape index (κ1) is 12.5. The van der Waals surface area contributed by atoms with Gasteiger partial charge in [0, 0.05) is 25.6 Å². The zero-order chi connectivity index (χ0) is 11.1. The lowest BCUT2D eigenvalue weighted by atomic mass is 10.1. The third-order valence-corrected chi connectivity index (χ3v) is 3.10. The Bertz CT molecular complexity index is 188. The maximum Gasteiger partial charge on any atom is 0.222 e. The molecule has 0 aliphatic carbocycles. The van der Waals surface area contributed by atoms with Gasteiger partial charge in [-0.05, 0) is 39.2 Å². The van der Waals surface area contributed by atoms with Gasteiger partial charge in [0.2, 0.25) is 5.91 Å². The zero-order valence-corrected chi connectivity index (χ0v) is 10.1. The van der Waals surface area contributed by atoms with E-state index in [4.69, 9.17) is 0 Å². The van der Waals surface area contributed by atoms with E-state index in [1.54, 1.807) is 0 Å². The molecule has 1 atom stereocenters. The first-order chi connectivity index (χ1) is 7.27. The summed E-state index contributed by atoms with van der Waals surface area (Å²) in [5.74, 6) is 0.327. The fourth-order valence-corrected chi connectivity index (χ4v) is 2.19. The third kappa shape index (κ3) is 4.20. The monoisotopic (exact) mass is 212 g/mol. The average Bonchev–Trinajstić information content (AvgIpc) is 2.75. The molecule has 1 rings (SSSR count). The maximum absolute atomic E-state index is 11.8. The number of nitrogens with zero attached hydrogens (tertiary/aromatic N) is 1. The van der Waals surface area contributed by atoms with Gasteiger partial charge in [-0.15, -0.1) is 0 Å². The molecule has 0 aromatic carbocycles. The summed E-state index contributed by atoms with van der Waals surface area (Å²) in [7, 11) is 0. The van der Waals surface area contributed by atoms with Crippen LogP contribution >= 0.6 is 0 Å². The molecule has 1 heterocycles. The van der Waals surface area contributed by atoms with Crippen LogP contribution in [0.15, 0.2) is 0 Å². The Morgan fingerprint density at radius 2 is 2.27 bits per heavy atom. The standard InChI is InChI=1S/C12H24N2O/c1-3-10-14(4-2)12(15)8-7-11-6-5-9-13-11/h11,13H,3-10H2,1-2H3. The molecule has 1 N–H and O–H groups in total. The molecule has 0 saturated carbocycles. The highest BCUT2D eigenvalue weighted by atomic mass is 16.2. The molecule has 0 aromatic heterocycles. The normalized spacial score (nSPS) is 20.5. The van der Waals surface area contributed by atoms with Gasteiger partial charge in [-0.25, -0.2) is 0 Å². The number of hydrogen-bond acceptors (Lipinski definition) is 2. The van der Waals surface area contributed by atoms with Gasteiger partial charge in [0.25, 0.3) is 0 Å². The molecular weight excluding hydrogens is 188 g/mol. The van der Waals surface area contributed by atoms with E-state index in [9.17, 15) is 4.79 Å². The first-order valence-electron chi connectivity index (χ1n) is 6.29. The van der Waals surface area contributed by atoms with Crippen molar-refractivity contribution in [1.82, 2.24) is 10.2 Å². The summed E-state index contributed by atoms with van der Waals surface area (Å²) in [6, 6.07) is 0.592. The van der Waals surface area contributed by atoms with E-state index in [1.165, 1.54) is 12.8 Å². The number of amides is 1. The molecular formula is C12H24N2O. The van der Waals surface area contributed by atoms with Gasteiger partial charge < -0.3 is 10.2 Å². The second kappa shape index (κ2) is 6.83. The number of hydrogen-bond donors (Lipinski definition) is 1. The van der Waals surface area contributed by atoms with Crippen LogP contribution in [-0.4, -0.2) is 36.5 Å². The molecule has 0 spiro atoms. The lowest BCUT2D eigenvalue weighted by Crippen LogP contribution is -2.33. The van der Waals surface area contributed by atoms with Crippen LogP contribution in [0, 0.1) is 0 Å². The fraction of sp³-hybridized carbons (Fsp3) is 0.917. The van der Waals surface area contributed by atoms with Crippen molar-refractivity contribution < 1.29 is 4.79 Å². The van der Waals surface area contributed by atoms with Gasteiger partial charge in [0.1, 0.15) is 0 Å². The van der Waals surface area contributed by atoms with Crippen LogP contribution in [0.1, 0.15) is 46.0 Å². The largest absolute Gasteiger partial charge is 0.343 e. The van der Waals surface area contributed by atoms with E-state index in [1.807, 2.05) is 4.90 Å². The van der Waals surface area contributed by atoms with Crippen LogP contribution in [0.25, 0.3) is 0 Å². The van der Waals surface area contributed by atoms with Gasteiger partial charge >= 0.3 is 0 Å². The molecule has 3 heteroatoms. The Hall–Kier alpha value is -0.570. The Morgan fingerprint density at radius 1 is 1.47 bits per heavy atom. The van der Waals surface area contributed by atoms with Crippen molar-refractivity contribution in [2.45, 2.75) is 52.0 Å². The third-order valence-electron chi connectivity index (χ3n) is 3.10. The number of carbonyl (C=O) groups excluding carboxylic acids is 1. The molecule has 1 aliphatic heterocycles. The molecule has 1 saturated heterocycles. The lowest BCUT2D eigenvalue weighted by molar-refractivity contribution is -0.131. The van der Waals surface area contributed by atoms with Gasteiger partial charge in [-0.1, -0.05) is 6.92 Å². The van der Waals surface area contributed by atoms with Gasteiger partial charge in [-0.3, -0.25) is 4.79 Å². The summed E-state index contributed by atoms with van der Waals surface area (Å²) in [6.45, 7) is 7.07. The second-order valence-electron chi connectivity index (χ2n) is 4.31. The highest BCUT2D eigenvalue weighted by Crippen LogP contribution is 2.11. The molecule has 0 aromatic rings. The van der Waals surface area contributed by atoms with Crippen molar-refractivity contribution in [1.29, 1.82) is 0 Å². The molecule has 1 unspecified atom stereocenters. The molecule has 3 nitrogen and oxygen atoms in total. The molecule has 0 bridgehead atoms. The van der Waals surface area contributed by atoms with E-state index in [0.717, 1.165) is 32.5 Å². The van der Waals surface area contributed by atoms with E-state index in [0.29, 0.717) is 18.4 Å². The van der Waals surface area contributed by atoms with Crippen LogP contribution in [0.4, 0.5) is 0 Å². The molecule has 1 fully saturated rings. The number of carbonyl (C=O) groups is 1. The van der Waals surface area contributed by atoms with Gasteiger partial charge in [0.15, 0.2) is 0 Å². The molecule has 15 heavy (non-hydrogen) atoms. The van der Waals surface area contributed by atoms with E-state index < -0.39 is 0 Å². The average molecular weight is 212 g/mol. The Kier molecular flexibility index (Phi) is 5.69. The van der Waals surface area contributed by atoms with Crippen molar-refractivity contribution in [3.05, 3.63) is 0 Å². The fourth-order valence-electron chi connectivity index (χ4n) is 2.19. The minimum atomic E-state index is 0.327. The molecule has 88 valence electrons. The van der Waals surface area contributed by atoms with Gasteiger partial charge in [0.05, 0.1) is 0 Å². The zero-order valence-electron chi connectivity index (χ0n) is 10.1. The smallest absolute Gasteiger partial charge is 0.222 e. The summed E-state index contributed by atoms with van der Waals surface area (Å²) in [6.07, 6.45) is 5.30. The van der Waals surface area contributed by atoms with E-state index >= 15 is 0 Å². The highest BCUT2D eigenvalue weighted by molar-refractivity contribution is 5.76. The Labute approximate surface area is 93.2 Å². The minimum Gasteiger partial charge on any atom is -0.343 e. The minimum absolute atomic E-state index is 0.327. The summed E-state index contributed by atoms with van der Waals surface area (Å²) < 4.78 is 0. The summed E-state index contributed by atoms with van der Waals surface area (Å²) in [5.41, 5.74) is 0. The van der Waals surface area contributed by atoms with Crippen molar-refractivity contribution in [2.24, 2.45) is 0 Å². The number of rotatable bonds is 6. The summed E-state index contributed by atoms with van der Waals surface area (Å²) in [4.78, 5) is 13.8. The maximum atomic E-state index is 11.8. The van der Waals surface area contributed by atoms with E-state index in [2.05, 4.69) is 19.2 Å². The lowest BCUT2D eigenvalue weighted by Gasteiger charge is -2.20. The predicted molar refractivity (Wildman–Crippen MR) is 62.8 cm³/mol.